The van der Waals surface area contributed by atoms with Crippen LogP contribution in [0.15, 0.2) is 13.6 Å². The smallest absolute Gasteiger partial charge is 0.178 e. The molecule has 5 heteroatoms. The van der Waals surface area contributed by atoms with E-state index in [1.54, 1.807) is 11.3 Å². The quantitative estimate of drug-likeness (QED) is 0.620. The Hall–Kier alpha value is 0.290. The maximum Gasteiger partial charge on any atom is 0.178 e. The molecule has 1 aliphatic rings. The topological polar surface area (TPSA) is 20.3 Å². The van der Waals surface area contributed by atoms with Crippen LogP contribution in [-0.4, -0.2) is 30.3 Å². The van der Waals surface area contributed by atoms with E-state index in [4.69, 9.17) is 0 Å². The molecule has 1 aromatic rings. The van der Waals surface area contributed by atoms with E-state index in [1.807, 2.05) is 6.07 Å². The molecule has 2 rings (SSSR count). The molecule has 0 radical (unpaired) electrons. The normalized spacial score (nSPS) is 21.1. The third kappa shape index (κ3) is 4.39. The summed E-state index contributed by atoms with van der Waals surface area (Å²) in [6.45, 7) is 7.28. The fourth-order valence-electron chi connectivity index (χ4n) is 2.83. The van der Waals surface area contributed by atoms with Crippen molar-refractivity contribution < 1.29 is 4.79 Å². The number of carbonyl (C=O) groups excluding carboxylic acids is 1. The molecule has 2 nitrogen and oxygen atoms in total. The van der Waals surface area contributed by atoms with Crippen molar-refractivity contribution in [3.05, 3.63) is 19.2 Å². The minimum Gasteiger partial charge on any atom is -0.296 e. The summed E-state index contributed by atoms with van der Waals surface area (Å²) >= 11 is 8.47. The van der Waals surface area contributed by atoms with Crippen molar-refractivity contribution in [1.82, 2.24) is 4.90 Å². The molecule has 0 amide bonds. The first-order chi connectivity index (χ1) is 9.47. The van der Waals surface area contributed by atoms with Crippen LogP contribution in [0.2, 0.25) is 0 Å². The molecule has 20 heavy (non-hydrogen) atoms. The highest BCUT2D eigenvalue weighted by Crippen LogP contribution is 2.32. The monoisotopic (exact) mass is 421 g/mol. The van der Waals surface area contributed by atoms with Crippen molar-refractivity contribution in [2.24, 2.45) is 11.8 Å². The van der Waals surface area contributed by atoms with Gasteiger partial charge in [-0.25, -0.2) is 0 Å². The lowest BCUT2D eigenvalue weighted by Crippen LogP contribution is -2.31. The van der Waals surface area contributed by atoms with Gasteiger partial charge in [-0.3, -0.25) is 9.69 Å². The Bertz CT molecular complexity index is 472. The van der Waals surface area contributed by atoms with Gasteiger partial charge < -0.3 is 0 Å². The average molecular weight is 423 g/mol. The van der Waals surface area contributed by atoms with Crippen LogP contribution in [0, 0.1) is 11.8 Å². The van der Waals surface area contributed by atoms with Crippen LogP contribution in [-0.2, 0) is 0 Å². The summed E-state index contributed by atoms with van der Waals surface area (Å²) in [5.74, 6) is 1.80. The number of thiophene rings is 1. The van der Waals surface area contributed by atoms with Crippen LogP contribution in [0.25, 0.3) is 0 Å². The van der Waals surface area contributed by atoms with Gasteiger partial charge in [0.2, 0.25) is 0 Å². The van der Waals surface area contributed by atoms with Crippen molar-refractivity contribution in [2.45, 2.75) is 33.1 Å². The SMILES string of the molecule is CC(C)C1CCCN(CC(=O)c2cc(Br)sc2Br)CC1. The second-order valence-electron chi connectivity index (χ2n) is 5.87. The minimum atomic E-state index is 0.224. The molecule has 1 fully saturated rings. The molecule has 0 aromatic carbocycles. The minimum absolute atomic E-state index is 0.224. The molecule has 1 atom stereocenters. The van der Waals surface area contributed by atoms with E-state index >= 15 is 0 Å². The summed E-state index contributed by atoms with van der Waals surface area (Å²) in [4.78, 5) is 14.7. The van der Waals surface area contributed by atoms with E-state index in [2.05, 4.69) is 50.6 Å². The van der Waals surface area contributed by atoms with Gasteiger partial charge in [0.05, 0.1) is 14.1 Å². The highest BCUT2D eigenvalue weighted by Gasteiger charge is 2.22. The van der Waals surface area contributed by atoms with Gasteiger partial charge in [0.15, 0.2) is 5.78 Å². The maximum absolute atomic E-state index is 12.4. The van der Waals surface area contributed by atoms with E-state index in [0.29, 0.717) is 6.54 Å². The Kier molecular flexibility index (Phi) is 6.26. The number of Topliss-reactive ketones (excluding diaryl/α,β-unsaturated/α-hetero) is 1. The number of likely N-dealkylation sites (tertiary alicyclic amines) is 1. The number of hydrogen-bond acceptors (Lipinski definition) is 3. The molecule has 1 aromatic heterocycles. The summed E-state index contributed by atoms with van der Waals surface area (Å²) in [5.41, 5.74) is 0.812. The molecular weight excluding hydrogens is 402 g/mol. The number of carbonyl (C=O) groups is 1. The van der Waals surface area contributed by atoms with E-state index in [-0.39, 0.29) is 5.78 Å². The number of hydrogen-bond donors (Lipinski definition) is 0. The molecule has 1 aliphatic heterocycles. The number of halogens is 2. The predicted molar refractivity (Wildman–Crippen MR) is 92.7 cm³/mol. The fraction of sp³-hybridized carbons (Fsp3) is 0.667. The molecule has 0 saturated carbocycles. The molecule has 2 heterocycles. The summed E-state index contributed by atoms with van der Waals surface area (Å²) in [6.07, 6.45) is 3.74. The number of nitrogens with zero attached hydrogens (tertiary/aromatic N) is 1. The number of ketones is 1. The van der Waals surface area contributed by atoms with Crippen LogP contribution in [0.1, 0.15) is 43.5 Å². The molecule has 1 saturated heterocycles. The van der Waals surface area contributed by atoms with Crippen LogP contribution in [0.5, 0.6) is 0 Å². The summed E-state index contributed by atoms with van der Waals surface area (Å²) in [6, 6.07) is 1.92. The zero-order valence-electron chi connectivity index (χ0n) is 12.0. The van der Waals surface area contributed by atoms with Gasteiger partial charge >= 0.3 is 0 Å². The van der Waals surface area contributed by atoms with Gasteiger partial charge in [-0.15, -0.1) is 11.3 Å². The summed E-state index contributed by atoms with van der Waals surface area (Å²) in [5, 5.41) is 0. The standard InChI is InChI=1S/C15H21Br2NOS/c1-10(2)11-4-3-6-18(7-5-11)9-13(19)12-8-14(16)20-15(12)17/h8,10-11H,3-7,9H2,1-2H3. The third-order valence-corrected chi connectivity index (χ3v) is 6.47. The van der Waals surface area contributed by atoms with Crippen molar-refractivity contribution in [1.29, 1.82) is 0 Å². The van der Waals surface area contributed by atoms with Crippen molar-refractivity contribution in [2.75, 3.05) is 19.6 Å². The molecule has 112 valence electrons. The molecule has 1 unspecified atom stereocenters. The molecule has 0 N–H and O–H groups in total. The second kappa shape index (κ2) is 7.52. The largest absolute Gasteiger partial charge is 0.296 e. The van der Waals surface area contributed by atoms with E-state index in [1.165, 1.54) is 19.3 Å². The Morgan fingerprint density at radius 2 is 2.15 bits per heavy atom. The highest BCUT2D eigenvalue weighted by molar-refractivity contribution is 9.12. The van der Waals surface area contributed by atoms with Gasteiger partial charge in [-0.05, 0) is 82.1 Å². The second-order valence-corrected chi connectivity index (χ2v) is 9.62. The lowest BCUT2D eigenvalue weighted by molar-refractivity contribution is 0.0931. The molecular formula is C15H21Br2NOS. The first kappa shape index (κ1) is 16.7. The predicted octanol–water partition coefficient (Wildman–Crippen LogP) is 5.21. The van der Waals surface area contributed by atoms with Crippen molar-refractivity contribution in [3.63, 3.8) is 0 Å². The third-order valence-electron chi connectivity index (χ3n) is 4.13. The zero-order chi connectivity index (χ0) is 14.7. The maximum atomic E-state index is 12.4. The Morgan fingerprint density at radius 3 is 2.75 bits per heavy atom. The van der Waals surface area contributed by atoms with Crippen molar-refractivity contribution in [3.8, 4) is 0 Å². The van der Waals surface area contributed by atoms with Gasteiger partial charge in [0.1, 0.15) is 0 Å². The van der Waals surface area contributed by atoms with Gasteiger partial charge in [-0.2, -0.15) is 0 Å². The van der Waals surface area contributed by atoms with E-state index in [0.717, 1.165) is 38.1 Å². The average Bonchev–Trinajstić information content (AvgIpc) is 2.60. The summed E-state index contributed by atoms with van der Waals surface area (Å²) < 4.78 is 1.94. The van der Waals surface area contributed by atoms with Gasteiger partial charge in [-0.1, -0.05) is 13.8 Å². The lowest BCUT2D eigenvalue weighted by atomic mass is 9.89. The van der Waals surface area contributed by atoms with Crippen LogP contribution in [0.4, 0.5) is 0 Å². The van der Waals surface area contributed by atoms with Crippen LogP contribution in [0.3, 0.4) is 0 Å². The zero-order valence-corrected chi connectivity index (χ0v) is 16.0. The Morgan fingerprint density at radius 1 is 1.40 bits per heavy atom. The van der Waals surface area contributed by atoms with E-state index in [9.17, 15) is 4.79 Å². The molecule has 0 aliphatic carbocycles. The van der Waals surface area contributed by atoms with Crippen LogP contribution >= 0.6 is 43.2 Å². The Labute approximate surface area is 142 Å². The molecule has 0 bridgehead atoms. The lowest BCUT2D eigenvalue weighted by Gasteiger charge is -2.20. The first-order valence-electron chi connectivity index (χ1n) is 7.17. The van der Waals surface area contributed by atoms with Crippen LogP contribution < -0.4 is 0 Å². The first-order valence-corrected chi connectivity index (χ1v) is 9.58. The van der Waals surface area contributed by atoms with Gasteiger partial charge in [0.25, 0.3) is 0 Å². The highest BCUT2D eigenvalue weighted by atomic mass is 79.9. The van der Waals surface area contributed by atoms with E-state index < -0.39 is 0 Å². The van der Waals surface area contributed by atoms with Gasteiger partial charge in [0, 0.05) is 5.56 Å². The fourth-order valence-corrected chi connectivity index (χ4v) is 5.68. The Balaban J connectivity index is 1.93. The number of rotatable bonds is 4. The van der Waals surface area contributed by atoms with Crippen molar-refractivity contribution >= 4 is 49.0 Å². The summed E-state index contributed by atoms with van der Waals surface area (Å²) in [7, 11) is 0. The molecule has 0 spiro atoms.